The number of nitrogens with one attached hydrogen (secondary N) is 1. The standard InChI is InChI=1S/C27H27N5O2S/c1-4-35(33,34)29-24-18-32(27(20-11-7-5-8-12-20)21-13-9-6-10-14-21)25-17-22(15-16-23(24)25)26-19(2)28-30-31(26)3/h5-18,27,29H,4H2,1-3H3. The molecule has 35 heavy (non-hydrogen) atoms. The lowest BCUT2D eigenvalue weighted by molar-refractivity contribution is 0.602. The number of hydrogen-bond donors (Lipinski definition) is 1. The summed E-state index contributed by atoms with van der Waals surface area (Å²) in [5.74, 6) is -0.00155. The molecule has 0 amide bonds. The van der Waals surface area contributed by atoms with Crippen molar-refractivity contribution in [1.82, 2.24) is 19.6 Å². The number of nitrogens with zero attached hydrogens (tertiary/aromatic N) is 4. The maximum absolute atomic E-state index is 12.5. The lowest BCUT2D eigenvalue weighted by Gasteiger charge is -2.22. The number of sulfonamides is 1. The third kappa shape index (κ3) is 4.33. The Balaban J connectivity index is 1.80. The van der Waals surface area contributed by atoms with Gasteiger partial charge in [-0.2, -0.15) is 0 Å². The van der Waals surface area contributed by atoms with Crippen LogP contribution in [0.1, 0.15) is 29.8 Å². The Hall–Kier alpha value is -3.91. The molecule has 7 nitrogen and oxygen atoms in total. The summed E-state index contributed by atoms with van der Waals surface area (Å²) in [6.07, 6.45) is 1.90. The lowest BCUT2D eigenvalue weighted by Crippen LogP contribution is -2.14. The number of aryl methyl sites for hydroxylation is 2. The van der Waals surface area contributed by atoms with Crippen molar-refractivity contribution < 1.29 is 8.42 Å². The molecule has 5 aromatic rings. The molecule has 0 bridgehead atoms. The molecule has 0 atom stereocenters. The van der Waals surface area contributed by atoms with Gasteiger partial charge in [-0.3, -0.25) is 4.72 Å². The molecule has 2 aromatic heterocycles. The fraction of sp³-hybridized carbons (Fsp3) is 0.185. The summed E-state index contributed by atoms with van der Waals surface area (Å²) in [5.41, 5.74) is 6.39. The van der Waals surface area contributed by atoms with Gasteiger partial charge in [-0.1, -0.05) is 78.0 Å². The van der Waals surface area contributed by atoms with E-state index in [1.165, 1.54) is 0 Å². The number of rotatable bonds is 7. The van der Waals surface area contributed by atoms with Gasteiger partial charge in [-0.25, -0.2) is 13.1 Å². The van der Waals surface area contributed by atoms with Gasteiger partial charge in [-0.05, 0) is 31.0 Å². The van der Waals surface area contributed by atoms with Crippen LogP contribution in [0.4, 0.5) is 5.69 Å². The molecule has 0 saturated heterocycles. The van der Waals surface area contributed by atoms with Crippen LogP contribution < -0.4 is 4.72 Å². The van der Waals surface area contributed by atoms with Crippen molar-refractivity contribution >= 4 is 26.6 Å². The van der Waals surface area contributed by atoms with Gasteiger partial charge in [0.15, 0.2) is 0 Å². The van der Waals surface area contributed by atoms with Gasteiger partial charge in [0.2, 0.25) is 10.0 Å². The summed E-state index contributed by atoms with van der Waals surface area (Å²) in [7, 11) is -1.59. The molecule has 0 radical (unpaired) electrons. The van der Waals surface area contributed by atoms with Crippen LogP contribution in [0.5, 0.6) is 0 Å². The molecule has 8 heteroatoms. The van der Waals surface area contributed by atoms with E-state index in [0.29, 0.717) is 5.69 Å². The van der Waals surface area contributed by atoms with Gasteiger partial charge in [0.25, 0.3) is 0 Å². The van der Waals surface area contributed by atoms with Crippen LogP contribution in [0.25, 0.3) is 22.2 Å². The zero-order chi connectivity index (χ0) is 24.6. The highest BCUT2D eigenvalue weighted by atomic mass is 32.2. The lowest BCUT2D eigenvalue weighted by atomic mass is 9.98. The van der Waals surface area contributed by atoms with Crippen molar-refractivity contribution in [2.24, 2.45) is 7.05 Å². The highest BCUT2D eigenvalue weighted by Crippen LogP contribution is 2.37. The van der Waals surface area contributed by atoms with Crippen LogP contribution in [-0.2, 0) is 17.1 Å². The zero-order valence-electron chi connectivity index (χ0n) is 19.9. The first kappa shape index (κ1) is 22.9. The SMILES string of the molecule is CCS(=O)(=O)Nc1cn(C(c2ccccc2)c2ccccc2)c2cc(-c3c(C)nnn3C)ccc12. The second-order valence-corrected chi connectivity index (χ2v) is 10.6. The van der Waals surface area contributed by atoms with Crippen LogP contribution in [0.3, 0.4) is 0 Å². The van der Waals surface area contributed by atoms with Crippen molar-refractivity contribution in [2.45, 2.75) is 19.9 Å². The summed E-state index contributed by atoms with van der Waals surface area (Å²) in [6.45, 7) is 3.57. The molecule has 0 fully saturated rings. The van der Waals surface area contributed by atoms with E-state index >= 15 is 0 Å². The van der Waals surface area contributed by atoms with Gasteiger partial charge in [0, 0.05) is 24.2 Å². The van der Waals surface area contributed by atoms with Crippen molar-refractivity contribution in [1.29, 1.82) is 0 Å². The Morgan fingerprint density at radius 3 is 2.11 bits per heavy atom. The minimum absolute atomic E-state index is 0.00155. The zero-order valence-corrected chi connectivity index (χ0v) is 20.7. The molecule has 1 N–H and O–H groups in total. The molecule has 0 aliphatic heterocycles. The molecule has 5 rings (SSSR count). The molecule has 3 aromatic carbocycles. The average Bonchev–Trinajstić information content (AvgIpc) is 3.39. The number of aromatic nitrogens is 4. The monoisotopic (exact) mass is 485 g/mol. The van der Waals surface area contributed by atoms with E-state index in [1.54, 1.807) is 11.6 Å². The Morgan fingerprint density at radius 2 is 1.57 bits per heavy atom. The number of benzene rings is 3. The van der Waals surface area contributed by atoms with Crippen molar-refractivity contribution in [3.63, 3.8) is 0 Å². The molecule has 0 aliphatic carbocycles. The summed E-state index contributed by atoms with van der Waals surface area (Å²) >= 11 is 0. The van der Waals surface area contributed by atoms with E-state index in [9.17, 15) is 8.42 Å². The minimum Gasteiger partial charge on any atom is -0.334 e. The quantitative estimate of drug-likeness (QED) is 0.346. The van der Waals surface area contributed by atoms with Crippen LogP contribution >= 0.6 is 0 Å². The van der Waals surface area contributed by atoms with Crippen LogP contribution in [-0.4, -0.2) is 33.7 Å². The maximum atomic E-state index is 12.5. The van der Waals surface area contributed by atoms with Gasteiger partial charge in [0.05, 0.1) is 34.4 Å². The first-order valence-electron chi connectivity index (χ1n) is 11.5. The van der Waals surface area contributed by atoms with Crippen LogP contribution in [0.2, 0.25) is 0 Å². The van der Waals surface area contributed by atoms with Crippen LogP contribution in [0, 0.1) is 6.92 Å². The first-order chi connectivity index (χ1) is 16.9. The van der Waals surface area contributed by atoms with Gasteiger partial charge < -0.3 is 4.57 Å². The highest BCUT2D eigenvalue weighted by molar-refractivity contribution is 7.92. The van der Waals surface area contributed by atoms with E-state index in [0.717, 1.165) is 39.0 Å². The molecule has 0 unspecified atom stereocenters. The molecule has 178 valence electrons. The molecule has 2 heterocycles. The van der Waals surface area contributed by atoms with E-state index < -0.39 is 10.0 Å². The van der Waals surface area contributed by atoms with E-state index in [2.05, 4.69) is 49.9 Å². The third-order valence-corrected chi connectivity index (χ3v) is 7.55. The molecule has 0 spiro atoms. The normalized spacial score (nSPS) is 11.9. The second kappa shape index (κ2) is 9.03. The van der Waals surface area contributed by atoms with Gasteiger partial charge in [0.1, 0.15) is 0 Å². The predicted molar refractivity (Wildman–Crippen MR) is 140 cm³/mol. The van der Waals surface area contributed by atoms with Crippen molar-refractivity contribution in [2.75, 3.05) is 10.5 Å². The number of anilines is 1. The maximum Gasteiger partial charge on any atom is 0.232 e. The Bertz CT molecular complexity index is 1530. The number of hydrogen-bond acceptors (Lipinski definition) is 4. The average molecular weight is 486 g/mol. The molecular formula is C27H27N5O2S. The van der Waals surface area contributed by atoms with Crippen molar-refractivity contribution in [3.8, 4) is 11.3 Å². The minimum atomic E-state index is -3.46. The van der Waals surface area contributed by atoms with E-state index in [-0.39, 0.29) is 11.8 Å². The Labute approximate surface area is 205 Å². The topological polar surface area (TPSA) is 81.8 Å². The van der Waals surface area contributed by atoms with E-state index in [1.807, 2.05) is 68.7 Å². The largest absolute Gasteiger partial charge is 0.334 e. The second-order valence-electron chi connectivity index (χ2n) is 8.56. The Kier molecular flexibility index (Phi) is 5.90. The van der Waals surface area contributed by atoms with Gasteiger partial charge >= 0.3 is 0 Å². The van der Waals surface area contributed by atoms with E-state index in [4.69, 9.17) is 0 Å². The number of fused-ring (bicyclic) bond motifs is 1. The van der Waals surface area contributed by atoms with Crippen LogP contribution in [0.15, 0.2) is 85.1 Å². The molecule has 0 aliphatic rings. The fourth-order valence-corrected chi connectivity index (χ4v) is 5.22. The summed E-state index contributed by atoms with van der Waals surface area (Å²) < 4.78 is 31.8. The van der Waals surface area contributed by atoms with Crippen molar-refractivity contribution in [3.05, 3.63) is 102 Å². The Morgan fingerprint density at radius 1 is 0.943 bits per heavy atom. The third-order valence-electron chi connectivity index (χ3n) is 6.26. The first-order valence-corrected chi connectivity index (χ1v) is 13.1. The molecule has 0 saturated carbocycles. The molecular weight excluding hydrogens is 458 g/mol. The summed E-state index contributed by atoms with van der Waals surface area (Å²) in [4.78, 5) is 0. The smallest absolute Gasteiger partial charge is 0.232 e. The summed E-state index contributed by atoms with van der Waals surface area (Å²) in [6, 6.07) is 26.4. The fourth-order valence-electron chi connectivity index (χ4n) is 4.57. The predicted octanol–water partition coefficient (Wildman–Crippen LogP) is 5.14. The van der Waals surface area contributed by atoms with Gasteiger partial charge in [-0.15, -0.1) is 5.10 Å². The highest BCUT2D eigenvalue weighted by Gasteiger charge is 2.23. The summed E-state index contributed by atoms with van der Waals surface area (Å²) in [5, 5.41) is 9.19.